The molecule has 1 atom stereocenters. The van der Waals surface area contributed by atoms with Gasteiger partial charge in [0.25, 0.3) is 0 Å². The van der Waals surface area contributed by atoms with Gasteiger partial charge >= 0.3 is 0 Å². The molecule has 1 aliphatic rings. The van der Waals surface area contributed by atoms with E-state index in [9.17, 15) is 0 Å². The maximum atomic E-state index is 6.02. The van der Waals surface area contributed by atoms with Crippen molar-refractivity contribution in [1.82, 2.24) is 35.5 Å². The second kappa shape index (κ2) is 9.53. The molecule has 1 unspecified atom stereocenters. The van der Waals surface area contributed by atoms with Crippen LogP contribution in [0.2, 0.25) is 5.02 Å². The average molecular weight is 529 g/mol. The molecule has 1 aromatic carbocycles. The van der Waals surface area contributed by atoms with Crippen LogP contribution in [0.1, 0.15) is 36.4 Å². The van der Waals surface area contributed by atoms with E-state index in [0.717, 1.165) is 36.6 Å². The van der Waals surface area contributed by atoms with Crippen LogP contribution >= 0.6 is 35.6 Å². The van der Waals surface area contributed by atoms with Gasteiger partial charge in [-0.15, -0.1) is 24.0 Å². The number of halogens is 2. The Morgan fingerprint density at radius 3 is 3.03 bits per heavy atom. The van der Waals surface area contributed by atoms with E-state index in [0.29, 0.717) is 29.2 Å². The quantitative estimate of drug-likeness (QED) is 0.304. The summed E-state index contributed by atoms with van der Waals surface area (Å²) in [6.07, 6.45) is 2.01. The molecular formula is C18H22ClIN8O. The van der Waals surface area contributed by atoms with Gasteiger partial charge in [0, 0.05) is 24.2 Å². The number of aliphatic imine (C=N–C) groups is 1. The molecule has 0 aliphatic carbocycles. The Labute approximate surface area is 190 Å². The van der Waals surface area contributed by atoms with Crippen LogP contribution in [0, 0.1) is 6.92 Å². The fourth-order valence-corrected chi connectivity index (χ4v) is 3.39. The Bertz CT molecular complexity index is 1000. The Morgan fingerprint density at radius 1 is 1.38 bits per heavy atom. The van der Waals surface area contributed by atoms with Crippen LogP contribution in [0.4, 0.5) is 0 Å². The van der Waals surface area contributed by atoms with E-state index in [1.807, 2.05) is 23.7 Å². The first-order valence-corrected chi connectivity index (χ1v) is 9.47. The van der Waals surface area contributed by atoms with Crippen LogP contribution in [0.15, 0.2) is 33.8 Å². The largest absolute Gasteiger partial charge is 0.347 e. The number of fused-ring (bicyclic) bond motifs is 1. The zero-order chi connectivity index (χ0) is 19.5. The molecule has 1 aliphatic heterocycles. The number of aryl methyl sites for hydroxylation is 2. The molecule has 2 aromatic heterocycles. The molecule has 0 saturated carbocycles. The molecule has 0 bridgehead atoms. The lowest BCUT2D eigenvalue weighted by atomic mass is 10.1. The summed E-state index contributed by atoms with van der Waals surface area (Å²) in [6.45, 7) is 3.16. The number of benzene rings is 1. The minimum Gasteiger partial charge on any atom is -0.347 e. The van der Waals surface area contributed by atoms with Crippen molar-refractivity contribution >= 4 is 41.5 Å². The van der Waals surface area contributed by atoms with E-state index >= 15 is 0 Å². The molecular weight excluding hydrogens is 507 g/mol. The van der Waals surface area contributed by atoms with E-state index in [1.165, 1.54) is 0 Å². The van der Waals surface area contributed by atoms with E-state index in [1.54, 1.807) is 19.2 Å². The number of rotatable bonds is 4. The van der Waals surface area contributed by atoms with Crippen molar-refractivity contribution in [3.63, 3.8) is 0 Å². The number of hydrogen-bond acceptors (Lipinski definition) is 6. The summed E-state index contributed by atoms with van der Waals surface area (Å²) in [4.78, 5) is 13.2. The van der Waals surface area contributed by atoms with Crippen LogP contribution in [0.5, 0.6) is 0 Å². The minimum atomic E-state index is 0. The Morgan fingerprint density at radius 2 is 2.24 bits per heavy atom. The molecule has 154 valence electrons. The van der Waals surface area contributed by atoms with Crippen molar-refractivity contribution in [2.45, 2.75) is 38.9 Å². The first-order chi connectivity index (χ1) is 13.6. The van der Waals surface area contributed by atoms with Crippen LogP contribution in [-0.2, 0) is 13.1 Å². The van der Waals surface area contributed by atoms with Gasteiger partial charge in [-0.3, -0.25) is 4.99 Å². The highest BCUT2D eigenvalue weighted by Gasteiger charge is 2.24. The van der Waals surface area contributed by atoms with Crippen molar-refractivity contribution in [2.24, 2.45) is 4.99 Å². The van der Waals surface area contributed by atoms with Crippen molar-refractivity contribution in [2.75, 3.05) is 7.05 Å². The zero-order valence-electron chi connectivity index (χ0n) is 16.1. The third-order valence-corrected chi connectivity index (χ3v) is 4.71. The number of nitrogens with one attached hydrogen (secondary N) is 2. The lowest BCUT2D eigenvalue weighted by Crippen LogP contribution is -2.41. The third kappa shape index (κ3) is 5.04. The fourth-order valence-electron chi connectivity index (χ4n) is 3.20. The normalized spacial score (nSPS) is 16.1. The van der Waals surface area contributed by atoms with E-state index in [2.05, 4.69) is 35.8 Å². The van der Waals surface area contributed by atoms with Gasteiger partial charge in [-0.25, -0.2) is 9.67 Å². The van der Waals surface area contributed by atoms with Gasteiger partial charge in [0.15, 0.2) is 5.96 Å². The molecule has 11 heteroatoms. The molecule has 0 radical (unpaired) electrons. The van der Waals surface area contributed by atoms with Crippen molar-refractivity contribution in [3.8, 4) is 11.4 Å². The number of nitrogens with zero attached hydrogens (tertiary/aromatic N) is 6. The standard InChI is InChI=1S/C18H21ClN8O.HI/c1-11-22-17-14(7-4-8-27(17)25-11)23-18(20-2)21-10-15-24-16(26-28-15)12-5-3-6-13(19)9-12;/h3,5-6,9,14H,4,7-8,10H2,1-2H3,(H2,20,21,23);1H. The predicted octanol–water partition coefficient (Wildman–Crippen LogP) is 3.11. The fraction of sp³-hybridized carbons (Fsp3) is 0.389. The summed E-state index contributed by atoms with van der Waals surface area (Å²) in [7, 11) is 1.72. The summed E-state index contributed by atoms with van der Waals surface area (Å²) in [5, 5.41) is 15.7. The summed E-state index contributed by atoms with van der Waals surface area (Å²) in [5.41, 5.74) is 0.807. The Hall–Kier alpha value is -2.21. The van der Waals surface area contributed by atoms with E-state index in [-0.39, 0.29) is 30.0 Å². The topological polar surface area (TPSA) is 106 Å². The van der Waals surface area contributed by atoms with Crippen molar-refractivity contribution in [1.29, 1.82) is 0 Å². The van der Waals surface area contributed by atoms with Crippen molar-refractivity contribution in [3.05, 3.63) is 46.8 Å². The molecule has 4 rings (SSSR count). The first kappa shape index (κ1) is 21.5. The second-order valence-electron chi connectivity index (χ2n) is 6.53. The molecule has 0 saturated heterocycles. The molecule has 0 fully saturated rings. The minimum absolute atomic E-state index is 0. The maximum Gasteiger partial charge on any atom is 0.246 e. The van der Waals surface area contributed by atoms with Gasteiger partial charge in [-0.05, 0) is 31.9 Å². The lowest BCUT2D eigenvalue weighted by Gasteiger charge is -2.24. The number of hydrogen-bond donors (Lipinski definition) is 2. The number of guanidine groups is 1. The van der Waals surface area contributed by atoms with Gasteiger partial charge in [0.1, 0.15) is 11.6 Å². The van der Waals surface area contributed by atoms with Crippen LogP contribution in [0.25, 0.3) is 11.4 Å². The first-order valence-electron chi connectivity index (χ1n) is 9.09. The summed E-state index contributed by atoms with van der Waals surface area (Å²) >= 11 is 6.02. The molecule has 29 heavy (non-hydrogen) atoms. The molecule has 9 nitrogen and oxygen atoms in total. The highest BCUT2D eigenvalue weighted by atomic mass is 127. The van der Waals surface area contributed by atoms with Crippen LogP contribution in [-0.4, -0.2) is 37.9 Å². The SMILES string of the molecule is CN=C(NCc1nc(-c2cccc(Cl)c2)no1)NC1CCCn2nc(C)nc21.I. The van der Waals surface area contributed by atoms with E-state index < -0.39 is 0 Å². The molecule has 3 heterocycles. The summed E-state index contributed by atoms with van der Waals surface area (Å²) in [6, 6.07) is 7.39. The maximum absolute atomic E-state index is 6.02. The smallest absolute Gasteiger partial charge is 0.246 e. The predicted molar refractivity (Wildman–Crippen MR) is 120 cm³/mol. The molecule has 2 N–H and O–H groups in total. The highest BCUT2D eigenvalue weighted by Crippen LogP contribution is 2.23. The van der Waals surface area contributed by atoms with Crippen LogP contribution < -0.4 is 10.6 Å². The second-order valence-corrected chi connectivity index (χ2v) is 6.96. The average Bonchev–Trinajstić information content (AvgIpc) is 3.31. The van der Waals surface area contributed by atoms with Gasteiger partial charge in [-0.2, -0.15) is 10.1 Å². The number of aromatic nitrogens is 5. The van der Waals surface area contributed by atoms with Gasteiger partial charge in [0.05, 0.1) is 12.6 Å². The van der Waals surface area contributed by atoms with Gasteiger partial charge in [0.2, 0.25) is 11.7 Å². The Balaban J connectivity index is 0.00000240. The zero-order valence-corrected chi connectivity index (χ0v) is 19.2. The third-order valence-electron chi connectivity index (χ3n) is 4.47. The highest BCUT2D eigenvalue weighted by molar-refractivity contribution is 14.0. The molecule has 0 spiro atoms. The van der Waals surface area contributed by atoms with Gasteiger partial charge in [-0.1, -0.05) is 28.9 Å². The summed E-state index contributed by atoms with van der Waals surface area (Å²) < 4.78 is 7.28. The van der Waals surface area contributed by atoms with E-state index in [4.69, 9.17) is 16.1 Å². The monoisotopic (exact) mass is 528 g/mol. The molecule has 3 aromatic rings. The lowest BCUT2D eigenvalue weighted by molar-refractivity contribution is 0.372. The van der Waals surface area contributed by atoms with Crippen LogP contribution in [0.3, 0.4) is 0 Å². The van der Waals surface area contributed by atoms with Gasteiger partial charge < -0.3 is 15.2 Å². The Kier molecular flexibility index (Phi) is 7.06. The van der Waals surface area contributed by atoms with Crippen molar-refractivity contribution < 1.29 is 4.52 Å². The summed E-state index contributed by atoms with van der Waals surface area (Å²) in [5.74, 6) is 3.32. The molecule has 0 amide bonds.